The summed E-state index contributed by atoms with van der Waals surface area (Å²) in [5.41, 5.74) is 3.34. The van der Waals surface area contributed by atoms with Gasteiger partial charge in [-0.05, 0) is 39.0 Å². The van der Waals surface area contributed by atoms with Crippen LogP contribution in [0.15, 0.2) is 36.7 Å². The molecule has 0 spiro atoms. The molecule has 146 valence electrons. The van der Waals surface area contributed by atoms with E-state index in [1.807, 2.05) is 47.0 Å². The van der Waals surface area contributed by atoms with Crippen molar-refractivity contribution < 1.29 is 4.79 Å². The minimum absolute atomic E-state index is 0.0571. The van der Waals surface area contributed by atoms with Gasteiger partial charge in [-0.1, -0.05) is 6.07 Å². The summed E-state index contributed by atoms with van der Waals surface area (Å²) in [6.45, 7) is 10.0. The maximum absolute atomic E-state index is 13.1. The predicted octanol–water partition coefficient (Wildman–Crippen LogP) is 2.67. The number of piperazine rings is 1. The number of rotatable bonds is 4. The second kappa shape index (κ2) is 7.67. The summed E-state index contributed by atoms with van der Waals surface area (Å²) in [7, 11) is 0. The third-order valence-electron chi connectivity index (χ3n) is 5.25. The highest BCUT2D eigenvalue weighted by atomic mass is 16.2. The van der Waals surface area contributed by atoms with Gasteiger partial charge in [0.05, 0.1) is 23.1 Å². The van der Waals surface area contributed by atoms with Crippen LogP contribution >= 0.6 is 0 Å². The summed E-state index contributed by atoms with van der Waals surface area (Å²) >= 11 is 0. The first-order chi connectivity index (χ1) is 13.5. The normalized spacial score (nSPS) is 15.5. The van der Waals surface area contributed by atoms with E-state index in [1.54, 1.807) is 6.20 Å². The second-order valence-corrected chi connectivity index (χ2v) is 7.61. The second-order valence-electron chi connectivity index (χ2n) is 7.61. The van der Waals surface area contributed by atoms with Crippen LogP contribution in [0.5, 0.6) is 0 Å². The molecule has 7 nitrogen and oxygen atoms in total. The molecule has 1 aliphatic heterocycles. The van der Waals surface area contributed by atoms with Crippen LogP contribution in [0.3, 0.4) is 0 Å². The van der Waals surface area contributed by atoms with Crippen LogP contribution in [-0.2, 0) is 6.54 Å². The van der Waals surface area contributed by atoms with Crippen LogP contribution in [-0.4, -0.2) is 61.6 Å². The molecule has 1 amide bonds. The molecule has 0 saturated carbocycles. The van der Waals surface area contributed by atoms with Crippen molar-refractivity contribution in [2.75, 3.05) is 26.2 Å². The van der Waals surface area contributed by atoms with E-state index in [1.165, 1.54) is 0 Å². The average molecular weight is 378 g/mol. The SMILES string of the molecule is Cc1nc2c(cnn2C(C)C)cc1C(=O)N1CCN(Cc2ccccn2)CC1. The quantitative estimate of drug-likeness (QED) is 0.698. The van der Waals surface area contributed by atoms with E-state index in [4.69, 9.17) is 0 Å². The molecule has 28 heavy (non-hydrogen) atoms. The molecule has 0 atom stereocenters. The van der Waals surface area contributed by atoms with Gasteiger partial charge in [0, 0.05) is 50.3 Å². The third kappa shape index (κ3) is 3.62. The molecule has 4 rings (SSSR count). The largest absolute Gasteiger partial charge is 0.336 e. The lowest BCUT2D eigenvalue weighted by Gasteiger charge is -2.34. The molecular formula is C21H26N6O. The van der Waals surface area contributed by atoms with Crippen LogP contribution in [0.1, 0.15) is 41.6 Å². The Kier molecular flexibility index (Phi) is 5.09. The Bertz CT molecular complexity index is 973. The Morgan fingerprint density at radius 3 is 2.64 bits per heavy atom. The molecule has 1 aliphatic rings. The van der Waals surface area contributed by atoms with Gasteiger partial charge in [-0.2, -0.15) is 5.10 Å². The van der Waals surface area contributed by atoms with Crippen molar-refractivity contribution >= 4 is 16.9 Å². The van der Waals surface area contributed by atoms with E-state index >= 15 is 0 Å². The molecule has 1 saturated heterocycles. The molecule has 0 unspecified atom stereocenters. The van der Waals surface area contributed by atoms with E-state index in [2.05, 4.69) is 33.8 Å². The summed E-state index contributed by atoms with van der Waals surface area (Å²) in [4.78, 5) is 26.4. The van der Waals surface area contributed by atoms with Crippen LogP contribution in [0.4, 0.5) is 0 Å². The van der Waals surface area contributed by atoms with Gasteiger partial charge >= 0.3 is 0 Å². The number of amides is 1. The smallest absolute Gasteiger partial charge is 0.255 e. The summed E-state index contributed by atoms with van der Waals surface area (Å²) in [6.07, 6.45) is 3.62. The number of carbonyl (C=O) groups is 1. The first-order valence-electron chi connectivity index (χ1n) is 9.79. The van der Waals surface area contributed by atoms with Gasteiger partial charge in [0.15, 0.2) is 5.65 Å². The fourth-order valence-corrected chi connectivity index (χ4v) is 3.66. The first kappa shape index (κ1) is 18.6. The highest BCUT2D eigenvalue weighted by Crippen LogP contribution is 2.21. The van der Waals surface area contributed by atoms with Crippen LogP contribution in [0.2, 0.25) is 0 Å². The van der Waals surface area contributed by atoms with Crippen molar-refractivity contribution in [1.29, 1.82) is 0 Å². The van der Waals surface area contributed by atoms with Crippen molar-refractivity contribution in [2.45, 2.75) is 33.4 Å². The Morgan fingerprint density at radius 1 is 1.18 bits per heavy atom. The zero-order chi connectivity index (χ0) is 19.7. The van der Waals surface area contributed by atoms with Gasteiger partial charge in [0.25, 0.3) is 5.91 Å². The zero-order valence-electron chi connectivity index (χ0n) is 16.7. The standard InChI is InChI=1S/C21H26N6O/c1-15(2)27-20-17(13-23-27)12-19(16(3)24-20)21(28)26-10-8-25(9-11-26)14-18-6-4-5-7-22-18/h4-7,12-13,15H,8-11,14H2,1-3H3. The highest BCUT2D eigenvalue weighted by molar-refractivity contribution is 5.98. The predicted molar refractivity (Wildman–Crippen MR) is 108 cm³/mol. The zero-order valence-corrected chi connectivity index (χ0v) is 16.7. The third-order valence-corrected chi connectivity index (χ3v) is 5.25. The van der Waals surface area contributed by atoms with E-state index in [-0.39, 0.29) is 11.9 Å². The van der Waals surface area contributed by atoms with Gasteiger partial charge in [-0.3, -0.25) is 14.7 Å². The molecule has 0 N–H and O–H groups in total. The highest BCUT2D eigenvalue weighted by Gasteiger charge is 2.24. The molecule has 3 aromatic rings. The van der Waals surface area contributed by atoms with Crippen LogP contribution in [0, 0.1) is 6.92 Å². The van der Waals surface area contributed by atoms with E-state index < -0.39 is 0 Å². The monoisotopic (exact) mass is 378 g/mol. The molecule has 0 radical (unpaired) electrons. The van der Waals surface area contributed by atoms with E-state index in [0.29, 0.717) is 18.7 Å². The number of hydrogen-bond donors (Lipinski definition) is 0. The molecule has 4 heterocycles. The van der Waals surface area contributed by atoms with Crippen molar-refractivity contribution in [3.8, 4) is 0 Å². The van der Waals surface area contributed by atoms with Crippen molar-refractivity contribution in [3.63, 3.8) is 0 Å². The van der Waals surface area contributed by atoms with Gasteiger partial charge in [-0.25, -0.2) is 9.67 Å². The van der Waals surface area contributed by atoms with Gasteiger partial charge in [0.2, 0.25) is 0 Å². The number of aryl methyl sites for hydroxylation is 1. The van der Waals surface area contributed by atoms with Crippen molar-refractivity contribution in [1.82, 2.24) is 29.5 Å². The maximum Gasteiger partial charge on any atom is 0.255 e. The molecule has 0 aromatic carbocycles. The topological polar surface area (TPSA) is 67.2 Å². The molecule has 1 fully saturated rings. The Morgan fingerprint density at radius 2 is 1.96 bits per heavy atom. The minimum Gasteiger partial charge on any atom is -0.336 e. The number of nitrogens with zero attached hydrogens (tertiary/aromatic N) is 6. The Labute approximate surface area is 165 Å². The fourth-order valence-electron chi connectivity index (χ4n) is 3.66. The number of aromatic nitrogens is 4. The molecule has 0 bridgehead atoms. The molecule has 7 heteroatoms. The summed E-state index contributed by atoms with van der Waals surface area (Å²) < 4.78 is 1.90. The molecule has 0 aliphatic carbocycles. The molecule has 3 aromatic heterocycles. The lowest BCUT2D eigenvalue weighted by molar-refractivity contribution is 0.0626. The average Bonchev–Trinajstić information content (AvgIpc) is 3.11. The first-order valence-corrected chi connectivity index (χ1v) is 9.79. The van der Waals surface area contributed by atoms with Gasteiger partial charge in [-0.15, -0.1) is 0 Å². The minimum atomic E-state index is 0.0571. The maximum atomic E-state index is 13.1. The molecular weight excluding hydrogens is 352 g/mol. The Balaban J connectivity index is 1.46. The van der Waals surface area contributed by atoms with Crippen molar-refractivity contribution in [2.24, 2.45) is 0 Å². The number of hydrogen-bond acceptors (Lipinski definition) is 5. The Hall–Kier alpha value is -2.80. The summed E-state index contributed by atoms with van der Waals surface area (Å²) in [6, 6.07) is 8.15. The van der Waals surface area contributed by atoms with E-state index in [0.717, 1.165) is 42.1 Å². The summed E-state index contributed by atoms with van der Waals surface area (Å²) in [5, 5.41) is 5.33. The number of carbonyl (C=O) groups excluding carboxylic acids is 1. The summed E-state index contributed by atoms with van der Waals surface area (Å²) in [5.74, 6) is 0.0571. The number of pyridine rings is 2. The number of fused-ring (bicyclic) bond motifs is 1. The van der Waals surface area contributed by atoms with Crippen LogP contribution < -0.4 is 0 Å². The lowest BCUT2D eigenvalue weighted by Crippen LogP contribution is -2.48. The fraction of sp³-hybridized carbons (Fsp3) is 0.429. The van der Waals surface area contributed by atoms with Crippen LogP contribution in [0.25, 0.3) is 11.0 Å². The lowest BCUT2D eigenvalue weighted by atomic mass is 10.1. The van der Waals surface area contributed by atoms with Gasteiger partial charge < -0.3 is 4.90 Å². The van der Waals surface area contributed by atoms with Gasteiger partial charge in [0.1, 0.15) is 0 Å². The van der Waals surface area contributed by atoms with E-state index in [9.17, 15) is 4.79 Å². The van der Waals surface area contributed by atoms with Crippen molar-refractivity contribution in [3.05, 3.63) is 53.6 Å².